The number of aromatic nitrogens is 4. The highest BCUT2D eigenvalue weighted by Crippen LogP contribution is 2.25. The van der Waals surface area contributed by atoms with Crippen molar-refractivity contribution in [2.24, 2.45) is 0 Å². The molecular formula is C21H24N6O3. The van der Waals surface area contributed by atoms with Gasteiger partial charge in [-0.25, -0.2) is 0 Å². The number of hydrogen-bond donors (Lipinski definition) is 0. The molecule has 0 aliphatic carbocycles. The number of methoxy groups -OCH3 is 1. The van der Waals surface area contributed by atoms with Crippen molar-refractivity contribution < 1.29 is 14.3 Å². The molecule has 0 atom stereocenters. The fourth-order valence-electron chi connectivity index (χ4n) is 3.40. The van der Waals surface area contributed by atoms with Crippen LogP contribution in [0.3, 0.4) is 0 Å². The van der Waals surface area contributed by atoms with Gasteiger partial charge in [-0.15, -0.1) is 5.10 Å². The van der Waals surface area contributed by atoms with E-state index in [1.807, 2.05) is 53.4 Å². The normalized spacial score (nSPS) is 14.5. The van der Waals surface area contributed by atoms with Crippen molar-refractivity contribution in [2.75, 3.05) is 39.9 Å². The van der Waals surface area contributed by atoms with Gasteiger partial charge in [-0.3, -0.25) is 9.69 Å². The number of tetrazole rings is 1. The third-order valence-corrected chi connectivity index (χ3v) is 5.05. The van der Waals surface area contributed by atoms with Gasteiger partial charge in [0.05, 0.1) is 19.3 Å². The highest BCUT2D eigenvalue weighted by molar-refractivity contribution is 5.78. The van der Waals surface area contributed by atoms with Gasteiger partial charge < -0.3 is 14.4 Å². The van der Waals surface area contributed by atoms with E-state index in [-0.39, 0.29) is 12.5 Å². The summed E-state index contributed by atoms with van der Waals surface area (Å²) in [6, 6.07) is 17.1. The van der Waals surface area contributed by atoms with Crippen molar-refractivity contribution >= 4 is 5.91 Å². The predicted octanol–water partition coefficient (Wildman–Crippen LogP) is 1.39. The summed E-state index contributed by atoms with van der Waals surface area (Å²) in [7, 11) is 1.58. The molecule has 2 aromatic carbocycles. The van der Waals surface area contributed by atoms with Gasteiger partial charge >= 0.3 is 0 Å². The minimum absolute atomic E-state index is 0.00731. The van der Waals surface area contributed by atoms with Crippen molar-refractivity contribution in [1.82, 2.24) is 30.0 Å². The van der Waals surface area contributed by atoms with E-state index in [2.05, 4.69) is 20.4 Å². The van der Waals surface area contributed by atoms with Crippen molar-refractivity contribution in [1.29, 1.82) is 0 Å². The standard InChI is InChI=1S/C21H24N6O3/c1-29-18-9-5-6-10-19(18)30-16-21(28)26-13-11-25(12-14-26)15-20-22-23-24-27(20)17-7-3-2-4-8-17/h2-10H,11-16H2,1H3. The number of ether oxygens (including phenoxy) is 2. The second kappa shape index (κ2) is 9.36. The zero-order valence-electron chi connectivity index (χ0n) is 16.8. The van der Waals surface area contributed by atoms with Crippen LogP contribution in [-0.2, 0) is 11.3 Å². The molecule has 3 aromatic rings. The topological polar surface area (TPSA) is 85.6 Å². The quantitative estimate of drug-likeness (QED) is 0.584. The second-order valence-electron chi connectivity index (χ2n) is 6.94. The van der Waals surface area contributed by atoms with Crippen molar-refractivity contribution in [3.63, 3.8) is 0 Å². The minimum Gasteiger partial charge on any atom is -0.493 e. The summed E-state index contributed by atoms with van der Waals surface area (Å²) in [6.45, 7) is 3.40. The molecule has 9 nitrogen and oxygen atoms in total. The number of piperazine rings is 1. The lowest BCUT2D eigenvalue weighted by Gasteiger charge is -2.34. The molecule has 0 radical (unpaired) electrons. The molecule has 1 fully saturated rings. The molecule has 1 aromatic heterocycles. The zero-order valence-corrected chi connectivity index (χ0v) is 16.8. The van der Waals surface area contributed by atoms with Crippen LogP contribution in [0.5, 0.6) is 11.5 Å². The number of carbonyl (C=O) groups excluding carboxylic acids is 1. The number of nitrogens with zero attached hydrogens (tertiary/aromatic N) is 6. The van der Waals surface area contributed by atoms with E-state index in [1.165, 1.54) is 0 Å². The van der Waals surface area contributed by atoms with Crippen LogP contribution in [0.4, 0.5) is 0 Å². The molecular weight excluding hydrogens is 384 g/mol. The summed E-state index contributed by atoms with van der Waals surface area (Å²) in [5, 5.41) is 12.1. The van der Waals surface area contributed by atoms with E-state index in [9.17, 15) is 4.79 Å². The number of benzene rings is 2. The monoisotopic (exact) mass is 408 g/mol. The van der Waals surface area contributed by atoms with Crippen molar-refractivity contribution in [3.05, 3.63) is 60.4 Å². The summed E-state index contributed by atoms with van der Waals surface area (Å²) in [6.07, 6.45) is 0. The van der Waals surface area contributed by atoms with Crippen LogP contribution in [0, 0.1) is 0 Å². The first kappa shape index (κ1) is 19.8. The average Bonchev–Trinajstić information content (AvgIpc) is 3.27. The smallest absolute Gasteiger partial charge is 0.260 e. The van der Waals surface area contributed by atoms with Crippen LogP contribution < -0.4 is 9.47 Å². The van der Waals surface area contributed by atoms with Gasteiger partial charge in [0, 0.05) is 26.2 Å². The van der Waals surface area contributed by atoms with Crippen LogP contribution in [0.2, 0.25) is 0 Å². The molecule has 0 unspecified atom stereocenters. The fourth-order valence-corrected chi connectivity index (χ4v) is 3.40. The van der Waals surface area contributed by atoms with E-state index >= 15 is 0 Å². The number of hydrogen-bond acceptors (Lipinski definition) is 7. The molecule has 9 heteroatoms. The SMILES string of the molecule is COc1ccccc1OCC(=O)N1CCN(Cc2nnnn2-c2ccccc2)CC1. The van der Waals surface area contributed by atoms with Gasteiger partial charge in [-0.05, 0) is 34.7 Å². The molecule has 0 bridgehead atoms. The van der Waals surface area contributed by atoms with E-state index in [4.69, 9.17) is 9.47 Å². The Morgan fingerprint density at radius 1 is 0.967 bits per heavy atom. The number of carbonyl (C=O) groups is 1. The summed E-state index contributed by atoms with van der Waals surface area (Å²) >= 11 is 0. The highest BCUT2D eigenvalue weighted by Gasteiger charge is 2.23. The summed E-state index contributed by atoms with van der Waals surface area (Å²) in [5.41, 5.74) is 0.930. The van der Waals surface area contributed by atoms with E-state index in [0.29, 0.717) is 31.1 Å². The Morgan fingerprint density at radius 2 is 1.67 bits per heavy atom. The van der Waals surface area contributed by atoms with E-state index in [1.54, 1.807) is 17.9 Å². The summed E-state index contributed by atoms with van der Waals surface area (Å²) in [5.74, 6) is 1.93. The zero-order chi connectivity index (χ0) is 20.8. The lowest BCUT2D eigenvalue weighted by Crippen LogP contribution is -2.49. The lowest BCUT2D eigenvalue weighted by molar-refractivity contribution is -0.135. The van der Waals surface area contributed by atoms with Crippen molar-refractivity contribution in [2.45, 2.75) is 6.54 Å². The van der Waals surface area contributed by atoms with Crippen LogP contribution in [-0.4, -0.2) is 75.8 Å². The van der Waals surface area contributed by atoms with Gasteiger partial charge in [-0.2, -0.15) is 4.68 Å². The predicted molar refractivity (Wildman–Crippen MR) is 110 cm³/mol. The van der Waals surface area contributed by atoms with E-state index < -0.39 is 0 Å². The van der Waals surface area contributed by atoms with Crippen LogP contribution in [0.15, 0.2) is 54.6 Å². The van der Waals surface area contributed by atoms with Gasteiger partial charge in [0.1, 0.15) is 0 Å². The number of rotatable bonds is 7. The summed E-state index contributed by atoms with van der Waals surface area (Å²) in [4.78, 5) is 16.6. The van der Waals surface area contributed by atoms with Gasteiger partial charge in [0.2, 0.25) is 0 Å². The van der Waals surface area contributed by atoms with Gasteiger partial charge in [0.25, 0.3) is 5.91 Å². The number of amides is 1. The Kier molecular flexibility index (Phi) is 6.19. The van der Waals surface area contributed by atoms with E-state index in [0.717, 1.165) is 24.6 Å². The Hall–Kier alpha value is -3.46. The Morgan fingerprint density at radius 3 is 2.40 bits per heavy atom. The maximum Gasteiger partial charge on any atom is 0.260 e. The molecule has 0 saturated carbocycles. The molecule has 0 spiro atoms. The van der Waals surface area contributed by atoms with Crippen molar-refractivity contribution in [3.8, 4) is 17.2 Å². The molecule has 1 aliphatic heterocycles. The first-order valence-corrected chi connectivity index (χ1v) is 9.83. The molecule has 0 N–H and O–H groups in total. The molecule has 156 valence electrons. The Labute approximate surface area is 174 Å². The fraction of sp³-hybridized carbons (Fsp3) is 0.333. The second-order valence-corrected chi connectivity index (χ2v) is 6.94. The third kappa shape index (κ3) is 4.57. The average molecular weight is 408 g/mol. The van der Waals surface area contributed by atoms with Crippen LogP contribution >= 0.6 is 0 Å². The highest BCUT2D eigenvalue weighted by atomic mass is 16.5. The first-order valence-electron chi connectivity index (χ1n) is 9.83. The Bertz CT molecular complexity index is 970. The first-order chi connectivity index (χ1) is 14.7. The maximum absolute atomic E-state index is 12.5. The molecule has 2 heterocycles. The van der Waals surface area contributed by atoms with Gasteiger partial charge in [-0.1, -0.05) is 30.3 Å². The molecule has 30 heavy (non-hydrogen) atoms. The minimum atomic E-state index is -0.0327. The Balaban J connectivity index is 1.28. The number of para-hydroxylation sites is 3. The molecule has 1 amide bonds. The van der Waals surface area contributed by atoms with Crippen LogP contribution in [0.1, 0.15) is 5.82 Å². The molecule has 1 aliphatic rings. The summed E-state index contributed by atoms with van der Waals surface area (Å²) < 4.78 is 12.7. The van der Waals surface area contributed by atoms with Crippen LogP contribution in [0.25, 0.3) is 5.69 Å². The molecule has 1 saturated heterocycles. The largest absolute Gasteiger partial charge is 0.493 e. The third-order valence-electron chi connectivity index (χ3n) is 5.05. The molecule has 4 rings (SSSR count). The lowest BCUT2D eigenvalue weighted by atomic mass is 10.3. The van der Waals surface area contributed by atoms with Gasteiger partial charge in [0.15, 0.2) is 23.9 Å². The maximum atomic E-state index is 12.5.